The van der Waals surface area contributed by atoms with Gasteiger partial charge < -0.3 is 20.1 Å². The molecule has 1 aliphatic heterocycles. The highest BCUT2D eigenvalue weighted by atomic mass is 35.5. The third kappa shape index (κ3) is 4.92. The van der Waals surface area contributed by atoms with Gasteiger partial charge >= 0.3 is 0 Å². The molecule has 0 aliphatic carbocycles. The minimum atomic E-state index is -0.495. The Hall–Kier alpha value is -2.73. The molecule has 1 fully saturated rings. The lowest BCUT2D eigenvalue weighted by Crippen LogP contribution is -2.33. The van der Waals surface area contributed by atoms with Gasteiger partial charge in [0.1, 0.15) is 17.6 Å². The SMILES string of the molecule is COc1cc(C(=O)Nc2ccc(C3CNCCO3)c(F)c2)cc(C#N)n1.Cl. The molecule has 3 rings (SSSR count). The summed E-state index contributed by atoms with van der Waals surface area (Å²) in [5, 5.41) is 14.7. The predicted molar refractivity (Wildman–Crippen MR) is 98.7 cm³/mol. The molecular formula is C18H18ClFN4O3. The summed E-state index contributed by atoms with van der Waals surface area (Å²) in [7, 11) is 1.39. The van der Waals surface area contributed by atoms with Crippen LogP contribution in [0.4, 0.5) is 10.1 Å². The monoisotopic (exact) mass is 392 g/mol. The molecule has 1 aromatic carbocycles. The summed E-state index contributed by atoms with van der Waals surface area (Å²) in [4.78, 5) is 16.3. The Morgan fingerprint density at radius 2 is 2.26 bits per heavy atom. The van der Waals surface area contributed by atoms with Crippen LogP contribution in [-0.4, -0.2) is 37.7 Å². The number of ether oxygens (including phenoxy) is 2. The quantitative estimate of drug-likeness (QED) is 0.829. The first-order valence-corrected chi connectivity index (χ1v) is 8.00. The molecule has 7 nitrogen and oxygen atoms in total. The van der Waals surface area contributed by atoms with Crippen molar-refractivity contribution in [1.29, 1.82) is 5.26 Å². The normalized spacial score (nSPS) is 16.0. The number of morpholine rings is 1. The number of halogens is 2. The van der Waals surface area contributed by atoms with Gasteiger partial charge in [0.25, 0.3) is 5.91 Å². The molecule has 27 heavy (non-hydrogen) atoms. The zero-order chi connectivity index (χ0) is 18.5. The van der Waals surface area contributed by atoms with Crippen molar-refractivity contribution in [2.75, 3.05) is 32.1 Å². The Morgan fingerprint density at radius 1 is 1.44 bits per heavy atom. The third-order valence-electron chi connectivity index (χ3n) is 3.92. The Bertz CT molecular complexity index is 866. The van der Waals surface area contributed by atoms with Gasteiger partial charge in [-0.3, -0.25) is 4.79 Å². The Kier molecular flexibility index (Phi) is 7.07. The number of nitrogens with zero attached hydrogens (tertiary/aromatic N) is 2. The summed E-state index contributed by atoms with van der Waals surface area (Å²) in [6.07, 6.45) is -0.351. The van der Waals surface area contributed by atoms with E-state index in [1.807, 2.05) is 6.07 Å². The molecule has 1 atom stereocenters. The fraction of sp³-hybridized carbons (Fsp3) is 0.278. The van der Waals surface area contributed by atoms with E-state index < -0.39 is 11.7 Å². The molecule has 0 spiro atoms. The lowest BCUT2D eigenvalue weighted by molar-refractivity contribution is 0.0255. The fourth-order valence-corrected chi connectivity index (χ4v) is 2.63. The fourth-order valence-electron chi connectivity index (χ4n) is 2.63. The third-order valence-corrected chi connectivity index (χ3v) is 3.92. The van der Waals surface area contributed by atoms with E-state index in [2.05, 4.69) is 15.6 Å². The number of nitriles is 1. The molecule has 1 saturated heterocycles. The first-order valence-electron chi connectivity index (χ1n) is 8.00. The zero-order valence-electron chi connectivity index (χ0n) is 14.5. The Morgan fingerprint density at radius 3 is 2.89 bits per heavy atom. The number of rotatable bonds is 4. The maximum absolute atomic E-state index is 14.4. The number of anilines is 1. The molecule has 1 aromatic heterocycles. The van der Waals surface area contributed by atoms with Crippen LogP contribution in [0.1, 0.15) is 27.7 Å². The second-order valence-corrected chi connectivity index (χ2v) is 5.65. The predicted octanol–water partition coefficient (Wildman–Crippen LogP) is 2.44. The van der Waals surface area contributed by atoms with Gasteiger partial charge in [0, 0.05) is 36.0 Å². The Balaban J connectivity index is 0.00000261. The molecule has 0 radical (unpaired) electrons. The lowest BCUT2D eigenvalue weighted by atomic mass is 10.1. The molecule has 1 aliphatic rings. The van der Waals surface area contributed by atoms with Crippen LogP contribution in [0.25, 0.3) is 0 Å². The average Bonchev–Trinajstić information content (AvgIpc) is 2.68. The first kappa shape index (κ1) is 20.6. The van der Waals surface area contributed by atoms with E-state index in [0.717, 1.165) is 6.54 Å². The first-order chi connectivity index (χ1) is 12.6. The molecule has 9 heteroatoms. The van der Waals surface area contributed by atoms with E-state index >= 15 is 0 Å². The van der Waals surface area contributed by atoms with Gasteiger partial charge in [0.2, 0.25) is 5.88 Å². The number of methoxy groups -OCH3 is 1. The Labute approximate surface area is 161 Å². The van der Waals surface area contributed by atoms with E-state index in [1.165, 1.54) is 25.3 Å². The smallest absolute Gasteiger partial charge is 0.255 e. The van der Waals surface area contributed by atoms with Gasteiger partial charge in [-0.15, -0.1) is 12.4 Å². The van der Waals surface area contributed by atoms with Crippen LogP contribution in [0.2, 0.25) is 0 Å². The number of hydrogen-bond donors (Lipinski definition) is 2. The minimum Gasteiger partial charge on any atom is -0.481 e. The molecular weight excluding hydrogens is 375 g/mol. The maximum Gasteiger partial charge on any atom is 0.255 e. The van der Waals surface area contributed by atoms with Crippen LogP contribution in [0.5, 0.6) is 5.88 Å². The van der Waals surface area contributed by atoms with Crippen molar-refractivity contribution in [1.82, 2.24) is 10.3 Å². The van der Waals surface area contributed by atoms with Crippen LogP contribution in [0.15, 0.2) is 30.3 Å². The summed E-state index contributed by atoms with van der Waals surface area (Å²) in [5.74, 6) is -0.802. The molecule has 0 bridgehead atoms. The van der Waals surface area contributed by atoms with Gasteiger partial charge in [-0.2, -0.15) is 5.26 Å². The van der Waals surface area contributed by atoms with Crippen LogP contribution < -0.4 is 15.4 Å². The average molecular weight is 393 g/mol. The van der Waals surface area contributed by atoms with Gasteiger partial charge in [-0.05, 0) is 18.2 Å². The highest BCUT2D eigenvalue weighted by Gasteiger charge is 2.20. The standard InChI is InChI=1S/C18H17FN4O3.ClH/c1-25-17-7-11(6-13(9-20)22-17)18(24)23-12-2-3-14(15(19)8-12)16-10-21-4-5-26-16;/h2-3,6-8,16,21H,4-5,10H2,1H3,(H,23,24);1H. The molecule has 2 aromatic rings. The van der Waals surface area contributed by atoms with Gasteiger partial charge in [0.05, 0.1) is 19.8 Å². The summed E-state index contributed by atoms with van der Waals surface area (Å²) in [6, 6.07) is 9.05. The van der Waals surface area contributed by atoms with Crippen LogP contribution in [-0.2, 0) is 4.74 Å². The highest BCUT2D eigenvalue weighted by molar-refractivity contribution is 6.04. The number of amides is 1. The largest absolute Gasteiger partial charge is 0.481 e. The number of aromatic nitrogens is 1. The maximum atomic E-state index is 14.4. The number of benzene rings is 1. The molecule has 1 amide bonds. The van der Waals surface area contributed by atoms with Crippen molar-refractivity contribution < 1.29 is 18.7 Å². The van der Waals surface area contributed by atoms with Crippen molar-refractivity contribution in [2.24, 2.45) is 0 Å². The van der Waals surface area contributed by atoms with E-state index in [9.17, 15) is 9.18 Å². The number of carbonyl (C=O) groups is 1. The van der Waals surface area contributed by atoms with Crippen LogP contribution in [0.3, 0.4) is 0 Å². The minimum absolute atomic E-state index is 0. The van der Waals surface area contributed by atoms with Crippen molar-refractivity contribution in [3.63, 3.8) is 0 Å². The van der Waals surface area contributed by atoms with Crippen molar-refractivity contribution in [2.45, 2.75) is 6.10 Å². The second kappa shape index (κ2) is 9.28. The molecule has 1 unspecified atom stereocenters. The van der Waals surface area contributed by atoms with Crippen molar-refractivity contribution in [3.8, 4) is 11.9 Å². The second-order valence-electron chi connectivity index (χ2n) is 5.65. The summed E-state index contributed by atoms with van der Waals surface area (Å²) in [5.41, 5.74) is 0.984. The van der Waals surface area contributed by atoms with Crippen LogP contribution in [0, 0.1) is 17.1 Å². The topological polar surface area (TPSA) is 96.3 Å². The molecule has 2 N–H and O–H groups in total. The van der Waals surface area contributed by atoms with Gasteiger partial charge in [-0.1, -0.05) is 6.07 Å². The lowest BCUT2D eigenvalue weighted by Gasteiger charge is -2.24. The molecule has 142 valence electrons. The van der Waals surface area contributed by atoms with Crippen molar-refractivity contribution in [3.05, 3.63) is 53.0 Å². The van der Waals surface area contributed by atoms with E-state index in [-0.39, 0.29) is 35.6 Å². The van der Waals surface area contributed by atoms with Gasteiger partial charge in [0.15, 0.2) is 0 Å². The number of nitrogens with one attached hydrogen (secondary N) is 2. The van der Waals surface area contributed by atoms with E-state index in [0.29, 0.717) is 24.4 Å². The van der Waals surface area contributed by atoms with Crippen molar-refractivity contribution >= 4 is 24.0 Å². The molecule has 2 heterocycles. The van der Waals surface area contributed by atoms with E-state index in [1.54, 1.807) is 12.1 Å². The number of hydrogen-bond acceptors (Lipinski definition) is 6. The zero-order valence-corrected chi connectivity index (χ0v) is 15.3. The van der Waals surface area contributed by atoms with Crippen LogP contribution >= 0.6 is 12.4 Å². The van der Waals surface area contributed by atoms with E-state index in [4.69, 9.17) is 14.7 Å². The number of carbonyl (C=O) groups excluding carboxylic acids is 1. The number of pyridine rings is 1. The summed E-state index contributed by atoms with van der Waals surface area (Å²) in [6.45, 7) is 1.80. The van der Waals surface area contributed by atoms with Gasteiger partial charge in [-0.25, -0.2) is 9.37 Å². The summed E-state index contributed by atoms with van der Waals surface area (Å²) >= 11 is 0. The molecule has 0 saturated carbocycles. The summed E-state index contributed by atoms with van der Waals surface area (Å²) < 4.78 is 24.9. The highest BCUT2D eigenvalue weighted by Crippen LogP contribution is 2.25.